The van der Waals surface area contributed by atoms with Gasteiger partial charge in [-0.3, -0.25) is 24.3 Å². The number of carbonyl (C=O) groups is 8. The average Bonchev–Trinajstić information content (AvgIpc) is 1.45. The summed E-state index contributed by atoms with van der Waals surface area (Å²) < 4.78 is 23.5. The molecule has 5 fully saturated rings. The standard InChI is InChI=1S/C59H72IN10O16PS/c1-42-30-43(11-8-28-85-47-18-16-45(17-19-47)58(87(82,83)84)63-32-48-13-9-29-88-48)15-20-49(42)65(53(73)33-62-57(79)46-12-6-10-44(31-46)34-64-24-7-14-52(64)72)25-5-3-2-4-23-61-51(71)22-21-50(59(80)81)70-38-60-67(37-56(78)86-41-67)39-68(35-54(74)75)26-27-69(40-70,66(68)70)36-55(76)77/h6,9-10,12-13,15-20,29-31,50,58,63H,2-5,7,14,21-28,32-41H2,1H3,(H4-3,61,62,71,74,75,76,77,79,80,81,82,83,84)/p+3/t50?,58?,67-,68-,69?,70?/m0/s1. The van der Waals surface area contributed by atoms with E-state index in [0.29, 0.717) is 79.9 Å². The summed E-state index contributed by atoms with van der Waals surface area (Å²) in [6, 6.07) is 21.4. The number of carboxylic acids is 3. The summed E-state index contributed by atoms with van der Waals surface area (Å²) in [5.41, 5.74) is 3.55. The van der Waals surface area contributed by atoms with Crippen molar-refractivity contribution < 1.29 is 115 Å². The Balaban J connectivity index is 0.798. The SMILES string of the molecule is Cc1cc(C#CCOc2ccc(C(NCc3cccs3)P(=O)(O)O)cc2)ccc1N(CCCCCCNC(=O)CCC(C(=O)O)[N+]12C[I-][N@+]3(COC(=O)C3)C[N@@+]3(CC(=O)O)CC[N+](CC(=O)O)(C1)N23)C(=O)CNC(=O)c1cccc(CN2CCCC2=O)c1. The van der Waals surface area contributed by atoms with Crippen LogP contribution in [0.15, 0.2) is 84.2 Å². The fraction of sp³-hybridized carbons (Fsp3) is 0.458. The number of nitrogens with zero attached hydrogens (tertiary/aromatic N) is 7. The molecule has 9 rings (SSSR count). The number of thiophene rings is 1. The Hall–Kier alpha value is -6.88. The van der Waals surface area contributed by atoms with E-state index in [1.165, 1.54) is 11.3 Å². The van der Waals surface area contributed by atoms with E-state index in [0.717, 1.165) is 22.4 Å². The number of cyclic esters (lactones) is 1. The molecule has 5 aliphatic heterocycles. The molecule has 3 aromatic carbocycles. The zero-order valence-corrected chi connectivity index (χ0v) is 52.7. The van der Waals surface area contributed by atoms with E-state index < -0.39 is 77.2 Å². The number of aryl methyl sites for hydroxylation is 1. The minimum Gasteiger partial charge on any atom is -0.343 e. The van der Waals surface area contributed by atoms with Gasteiger partial charge in [-0.25, -0.2) is 0 Å². The predicted octanol–water partition coefficient (Wildman–Crippen LogP) is 0.164. The van der Waals surface area contributed by atoms with Crippen molar-refractivity contribution in [3.8, 4) is 17.6 Å². The van der Waals surface area contributed by atoms with Crippen LogP contribution < -0.4 is 47.1 Å². The van der Waals surface area contributed by atoms with E-state index in [4.69, 9.17) is 9.47 Å². The second-order valence-electron chi connectivity index (χ2n) is 23.0. The fourth-order valence-electron chi connectivity index (χ4n) is 12.7. The molecule has 5 aliphatic rings. The van der Waals surface area contributed by atoms with Gasteiger partial charge >= 0.3 is 238 Å². The van der Waals surface area contributed by atoms with Gasteiger partial charge in [0.1, 0.15) is 18.1 Å². The van der Waals surface area contributed by atoms with Gasteiger partial charge < -0.3 is 29.6 Å². The van der Waals surface area contributed by atoms with Crippen molar-refractivity contribution in [2.45, 2.75) is 83.2 Å². The Morgan fingerprint density at radius 2 is 1.65 bits per heavy atom. The third-order valence-corrected chi connectivity index (χ3v) is 22.4. The van der Waals surface area contributed by atoms with Crippen LogP contribution >= 0.6 is 18.9 Å². The Kier molecular flexibility index (Phi) is 21.1. The molecular weight excluding hydrogens is 1290 g/mol. The van der Waals surface area contributed by atoms with Gasteiger partial charge in [0.15, 0.2) is 0 Å². The van der Waals surface area contributed by atoms with Crippen LogP contribution in [0.4, 0.5) is 5.69 Å². The Morgan fingerprint density at radius 3 is 2.31 bits per heavy atom. The second kappa shape index (κ2) is 28.3. The first-order chi connectivity index (χ1) is 42.0. The number of carboxylic acid groups (broad SMARTS) is 3. The molecule has 4 amide bonds. The molecule has 88 heavy (non-hydrogen) atoms. The van der Waals surface area contributed by atoms with Crippen molar-refractivity contribution in [1.82, 2.24) is 26.1 Å². The molecule has 8 N–H and O–H groups in total. The van der Waals surface area contributed by atoms with Crippen molar-refractivity contribution in [2.75, 3.05) is 95.0 Å². The molecule has 4 aromatic rings. The number of hydrogen-bond donors (Lipinski definition) is 8. The van der Waals surface area contributed by atoms with E-state index in [-0.39, 0.29) is 124 Å². The molecule has 1 aromatic heterocycles. The third kappa shape index (κ3) is 15.6. The maximum atomic E-state index is 14.2. The smallest absolute Gasteiger partial charge is 0.251 e. The van der Waals surface area contributed by atoms with Gasteiger partial charge in [-0.2, -0.15) is 0 Å². The quantitative estimate of drug-likeness (QED) is 0.00413. The van der Waals surface area contributed by atoms with Crippen LogP contribution in [-0.4, -0.2) is 195 Å². The van der Waals surface area contributed by atoms with Crippen molar-refractivity contribution in [3.63, 3.8) is 0 Å². The first-order valence-corrected chi connectivity index (χ1v) is 34.1. The first kappa shape index (κ1) is 65.6. The molecule has 26 nitrogen and oxygen atoms in total. The molecule has 0 bridgehead atoms. The van der Waals surface area contributed by atoms with Crippen LogP contribution in [0.5, 0.6) is 5.75 Å². The summed E-state index contributed by atoms with van der Waals surface area (Å²) in [5.74, 6) is 0.333. The monoisotopic (exact) mass is 1370 g/mol. The average molecular weight is 1370 g/mol. The number of alkyl halides is 1. The van der Waals surface area contributed by atoms with Gasteiger partial charge in [-0.15, -0.1) is 11.3 Å². The third-order valence-electron chi connectivity index (χ3n) is 16.5. The number of carbonyl (C=O) groups excluding carboxylic acids is 5. The normalized spacial score (nSPS) is 22.8. The summed E-state index contributed by atoms with van der Waals surface area (Å²) in [6.07, 6.45) is 3.46. The van der Waals surface area contributed by atoms with Gasteiger partial charge in [0, 0.05) is 54.3 Å². The van der Waals surface area contributed by atoms with E-state index in [1.807, 2.05) is 36.6 Å². The molecule has 6 atom stereocenters. The summed E-state index contributed by atoms with van der Waals surface area (Å²) in [5, 5.41) is 43.4. The molecule has 0 aliphatic carbocycles. The number of nitrogens with one attached hydrogen (secondary N) is 3. The maximum Gasteiger partial charge on any atom is 0.251 e. The summed E-state index contributed by atoms with van der Waals surface area (Å²) in [6.45, 7) is 3.42. The van der Waals surface area contributed by atoms with Crippen LogP contribution in [-0.2, 0) is 56.0 Å². The number of aliphatic carboxylic acids is 3. The molecule has 472 valence electrons. The number of anilines is 1. The summed E-state index contributed by atoms with van der Waals surface area (Å²) in [4.78, 5) is 129. The topological polar surface area (TPSA) is 319 Å². The number of amides is 4. The maximum absolute atomic E-state index is 14.2. The number of hydrogen-bond acceptors (Lipinski definition) is 14. The van der Waals surface area contributed by atoms with Crippen LogP contribution in [0.25, 0.3) is 0 Å². The van der Waals surface area contributed by atoms with Crippen molar-refractivity contribution in [2.24, 2.45) is 0 Å². The fourth-order valence-corrected chi connectivity index (χ4v) is 18.0. The summed E-state index contributed by atoms with van der Waals surface area (Å²) in [7, 11) is -4.54. The van der Waals surface area contributed by atoms with Crippen molar-refractivity contribution in [3.05, 3.63) is 117 Å². The van der Waals surface area contributed by atoms with Crippen molar-refractivity contribution in [1.29, 1.82) is 0 Å². The minimum atomic E-state index is -4.54. The molecule has 6 heterocycles. The molecule has 29 heteroatoms. The summed E-state index contributed by atoms with van der Waals surface area (Å²) >= 11 is 0.426. The molecule has 4 unspecified atom stereocenters. The first-order valence-electron chi connectivity index (χ1n) is 29.1. The van der Waals surface area contributed by atoms with E-state index in [1.54, 1.807) is 69.6 Å². The number of benzene rings is 3. The zero-order chi connectivity index (χ0) is 62.9. The van der Waals surface area contributed by atoms with Crippen LogP contribution in [0.2, 0.25) is 0 Å². The second-order valence-corrected chi connectivity index (χ2v) is 29.1. The van der Waals surface area contributed by atoms with E-state index in [9.17, 15) is 68.0 Å². The van der Waals surface area contributed by atoms with E-state index >= 15 is 0 Å². The number of ether oxygens (including phenoxy) is 2. The number of quaternary nitrogens is 4. The van der Waals surface area contributed by atoms with E-state index in [2.05, 4.69) is 27.8 Å². The van der Waals surface area contributed by atoms with Crippen LogP contribution in [0, 0.1) is 18.8 Å². The molecule has 5 saturated heterocycles. The molecule has 1 spiro atoms. The Bertz CT molecular complexity index is 3400. The number of unbranched alkanes of at least 4 members (excludes halogenated alkanes) is 3. The molecule has 0 radical (unpaired) electrons. The van der Waals surface area contributed by atoms with Gasteiger partial charge in [-0.05, 0) is 83.9 Å². The Labute approximate surface area is 523 Å². The molecule has 0 saturated carbocycles. The van der Waals surface area contributed by atoms with Gasteiger partial charge in [0.2, 0.25) is 11.8 Å². The zero-order valence-electron chi connectivity index (χ0n) is 48.8. The number of rotatable bonds is 29. The predicted molar refractivity (Wildman–Crippen MR) is 312 cm³/mol. The minimum absolute atomic E-state index is 0.00833. The van der Waals surface area contributed by atoms with Crippen molar-refractivity contribution >= 4 is 72.1 Å². The van der Waals surface area contributed by atoms with Crippen LogP contribution in [0.1, 0.15) is 94.6 Å². The van der Waals surface area contributed by atoms with Gasteiger partial charge in [-0.1, -0.05) is 42.2 Å². The van der Waals surface area contributed by atoms with Crippen LogP contribution in [0.3, 0.4) is 0 Å². The number of esters is 1. The van der Waals surface area contributed by atoms with Gasteiger partial charge in [0.05, 0.1) is 6.54 Å². The Morgan fingerprint density at radius 1 is 0.898 bits per heavy atom. The largest absolute Gasteiger partial charge is 0.343 e. The van der Waals surface area contributed by atoms with Gasteiger partial charge in [0.25, 0.3) is 5.91 Å². The molecular formula is C59H75IN10O16PS+3. The number of likely N-dealkylation sites (tertiary alicyclic amines) is 1. The number of halogens is 1.